The molecule has 0 atom stereocenters. The Kier molecular flexibility index (Phi) is 4.69. The van der Waals surface area contributed by atoms with Crippen molar-refractivity contribution in [2.75, 3.05) is 0 Å². The predicted octanol–water partition coefficient (Wildman–Crippen LogP) is 3.72. The molecule has 0 saturated heterocycles. The standard InChI is InChI=1S/C17H15ClN2O3S/c1-10-11(2)24-16-15(10)17(22)20(9-19-16)8-7-14(21)23-13-5-3-12(18)4-6-13/h3-6,9H,7-8H2,1-2H3. The maximum atomic E-state index is 12.5. The average molecular weight is 363 g/mol. The van der Waals surface area contributed by atoms with Crippen molar-refractivity contribution in [2.45, 2.75) is 26.8 Å². The van der Waals surface area contributed by atoms with Crippen LogP contribution >= 0.6 is 22.9 Å². The maximum absolute atomic E-state index is 12.5. The van der Waals surface area contributed by atoms with Crippen LogP contribution < -0.4 is 10.3 Å². The SMILES string of the molecule is Cc1sc2ncn(CCC(=O)Oc3ccc(Cl)cc3)c(=O)c2c1C. The van der Waals surface area contributed by atoms with E-state index in [0.717, 1.165) is 15.3 Å². The van der Waals surface area contributed by atoms with Crippen LogP contribution in [0.15, 0.2) is 35.4 Å². The smallest absolute Gasteiger partial charge is 0.312 e. The third-order valence-corrected chi connectivity index (χ3v) is 5.13. The summed E-state index contributed by atoms with van der Waals surface area (Å²) in [5, 5.41) is 1.20. The van der Waals surface area contributed by atoms with E-state index in [2.05, 4.69) is 4.98 Å². The lowest BCUT2D eigenvalue weighted by atomic mass is 10.2. The summed E-state index contributed by atoms with van der Waals surface area (Å²) in [5.41, 5.74) is 0.826. The van der Waals surface area contributed by atoms with E-state index >= 15 is 0 Å². The molecule has 3 rings (SSSR count). The molecule has 2 aromatic heterocycles. The number of halogens is 1. The second-order valence-corrected chi connectivity index (χ2v) is 7.02. The zero-order valence-corrected chi connectivity index (χ0v) is 14.8. The highest BCUT2D eigenvalue weighted by Gasteiger charge is 2.13. The lowest BCUT2D eigenvalue weighted by Crippen LogP contribution is -2.23. The number of rotatable bonds is 4. The van der Waals surface area contributed by atoms with Crippen molar-refractivity contribution in [3.63, 3.8) is 0 Å². The molecule has 3 aromatic rings. The minimum atomic E-state index is -0.414. The highest BCUT2D eigenvalue weighted by atomic mass is 35.5. The molecule has 0 aliphatic heterocycles. The van der Waals surface area contributed by atoms with Gasteiger partial charge in [-0.25, -0.2) is 4.98 Å². The molecule has 0 N–H and O–H groups in total. The number of benzene rings is 1. The van der Waals surface area contributed by atoms with Crippen molar-refractivity contribution >= 4 is 39.1 Å². The van der Waals surface area contributed by atoms with Gasteiger partial charge in [-0.3, -0.25) is 14.2 Å². The molecule has 0 amide bonds. The third kappa shape index (κ3) is 3.34. The molecule has 0 saturated carbocycles. The number of hydrogen-bond acceptors (Lipinski definition) is 5. The average Bonchev–Trinajstić information content (AvgIpc) is 2.84. The molecule has 0 unspecified atom stereocenters. The molecule has 7 heteroatoms. The number of thiophene rings is 1. The zero-order chi connectivity index (χ0) is 17.3. The minimum Gasteiger partial charge on any atom is -0.426 e. The van der Waals surface area contributed by atoms with Crippen molar-refractivity contribution in [3.05, 3.63) is 56.4 Å². The van der Waals surface area contributed by atoms with Gasteiger partial charge in [0.05, 0.1) is 18.1 Å². The van der Waals surface area contributed by atoms with Gasteiger partial charge in [-0.05, 0) is 43.7 Å². The highest BCUT2D eigenvalue weighted by Crippen LogP contribution is 2.25. The lowest BCUT2D eigenvalue weighted by molar-refractivity contribution is -0.134. The zero-order valence-electron chi connectivity index (χ0n) is 13.2. The normalized spacial score (nSPS) is 11.0. The highest BCUT2D eigenvalue weighted by molar-refractivity contribution is 7.18. The summed E-state index contributed by atoms with van der Waals surface area (Å²) in [5.74, 6) is 0.0113. The van der Waals surface area contributed by atoms with Crippen molar-refractivity contribution < 1.29 is 9.53 Å². The van der Waals surface area contributed by atoms with E-state index in [9.17, 15) is 9.59 Å². The number of aromatic nitrogens is 2. The van der Waals surface area contributed by atoms with Crippen LogP contribution in [-0.4, -0.2) is 15.5 Å². The summed E-state index contributed by atoms with van der Waals surface area (Å²) in [6.45, 7) is 4.11. The Morgan fingerprint density at radius 3 is 2.71 bits per heavy atom. The van der Waals surface area contributed by atoms with Crippen molar-refractivity contribution in [3.8, 4) is 5.75 Å². The first kappa shape index (κ1) is 16.7. The van der Waals surface area contributed by atoms with Gasteiger partial charge in [0, 0.05) is 16.4 Å². The Morgan fingerprint density at radius 1 is 1.29 bits per heavy atom. The number of esters is 1. The summed E-state index contributed by atoms with van der Waals surface area (Å²) in [6.07, 6.45) is 1.56. The number of carbonyl (C=O) groups excluding carboxylic acids is 1. The second-order valence-electron chi connectivity index (χ2n) is 5.38. The van der Waals surface area contributed by atoms with Crippen LogP contribution in [0.1, 0.15) is 16.9 Å². The van der Waals surface area contributed by atoms with Crippen LogP contribution in [0.4, 0.5) is 0 Å². The van der Waals surface area contributed by atoms with Gasteiger partial charge >= 0.3 is 5.97 Å². The lowest BCUT2D eigenvalue weighted by Gasteiger charge is -2.06. The summed E-state index contributed by atoms with van der Waals surface area (Å²) in [4.78, 5) is 30.6. The Hall–Kier alpha value is -2.18. The number of carbonyl (C=O) groups is 1. The topological polar surface area (TPSA) is 61.2 Å². The second kappa shape index (κ2) is 6.75. The van der Waals surface area contributed by atoms with Crippen LogP contribution in [0, 0.1) is 13.8 Å². The van der Waals surface area contributed by atoms with E-state index in [0.29, 0.717) is 16.2 Å². The first-order chi connectivity index (χ1) is 11.5. The predicted molar refractivity (Wildman–Crippen MR) is 95.1 cm³/mol. The molecule has 1 aromatic carbocycles. The first-order valence-electron chi connectivity index (χ1n) is 7.37. The molecule has 2 heterocycles. The van der Waals surface area contributed by atoms with E-state index in [-0.39, 0.29) is 18.5 Å². The number of aryl methyl sites for hydroxylation is 3. The third-order valence-electron chi connectivity index (χ3n) is 3.76. The van der Waals surface area contributed by atoms with Crippen LogP contribution in [0.5, 0.6) is 5.75 Å². The van der Waals surface area contributed by atoms with Gasteiger partial charge in [0.25, 0.3) is 5.56 Å². The fraction of sp³-hybridized carbons (Fsp3) is 0.235. The maximum Gasteiger partial charge on any atom is 0.312 e. The first-order valence-corrected chi connectivity index (χ1v) is 8.56. The van der Waals surface area contributed by atoms with Crippen LogP contribution in [0.2, 0.25) is 5.02 Å². The minimum absolute atomic E-state index is 0.0812. The molecular formula is C17H15ClN2O3S. The fourth-order valence-electron chi connectivity index (χ4n) is 2.33. The molecule has 0 bridgehead atoms. The number of fused-ring (bicyclic) bond motifs is 1. The van der Waals surface area contributed by atoms with Crippen LogP contribution in [-0.2, 0) is 11.3 Å². The van der Waals surface area contributed by atoms with Crippen LogP contribution in [0.3, 0.4) is 0 Å². The Balaban J connectivity index is 1.72. The van der Waals surface area contributed by atoms with Gasteiger partial charge in [0.15, 0.2) is 0 Å². The summed E-state index contributed by atoms with van der Waals surface area (Å²) >= 11 is 7.29. The van der Waals surface area contributed by atoms with Crippen molar-refractivity contribution in [1.82, 2.24) is 9.55 Å². The van der Waals surface area contributed by atoms with E-state index in [1.807, 2.05) is 13.8 Å². The molecule has 24 heavy (non-hydrogen) atoms. The van der Waals surface area contributed by atoms with Crippen molar-refractivity contribution in [1.29, 1.82) is 0 Å². The van der Waals surface area contributed by atoms with Gasteiger partial charge in [-0.1, -0.05) is 11.6 Å². The molecule has 0 radical (unpaired) electrons. The number of ether oxygens (including phenoxy) is 1. The molecule has 5 nitrogen and oxygen atoms in total. The van der Waals surface area contributed by atoms with Gasteiger partial charge in [0.1, 0.15) is 10.6 Å². The Morgan fingerprint density at radius 2 is 2.00 bits per heavy atom. The summed E-state index contributed by atoms with van der Waals surface area (Å²) < 4.78 is 6.66. The molecule has 124 valence electrons. The number of nitrogens with zero attached hydrogens (tertiary/aromatic N) is 2. The van der Waals surface area contributed by atoms with Crippen LogP contribution in [0.25, 0.3) is 10.2 Å². The summed E-state index contributed by atoms with van der Waals surface area (Å²) in [6, 6.07) is 6.54. The molecule has 0 aliphatic rings. The molecule has 0 fully saturated rings. The quantitative estimate of drug-likeness (QED) is 0.524. The monoisotopic (exact) mass is 362 g/mol. The fourth-order valence-corrected chi connectivity index (χ4v) is 3.44. The number of hydrogen-bond donors (Lipinski definition) is 0. The van der Waals surface area contributed by atoms with E-state index in [1.54, 1.807) is 24.3 Å². The van der Waals surface area contributed by atoms with Gasteiger partial charge in [0.2, 0.25) is 0 Å². The van der Waals surface area contributed by atoms with E-state index in [1.165, 1.54) is 22.2 Å². The molecule has 0 spiro atoms. The Labute approximate surface area is 147 Å². The van der Waals surface area contributed by atoms with Gasteiger partial charge in [-0.15, -0.1) is 11.3 Å². The van der Waals surface area contributed by atoms with Gasteiger partial charge in [-0.2, -0.15) is 0 Å². The van der Waals surface area contributed by atoms with E-state index in [4.69, 9.17) is 16.3 Å². The van der Waals surface area contributed by atoms with E-state index < -0.39 is 5.97 Å². The summed E-state index contributed by atoms with van der Waals surface area (Å²) in [7, 11) is 0. The van der Waals surface area contributed by atoms with Gasteiger partial charge < -0.3 is 4.74 Å². The molecular weight excluding hydrogens is 348 g/mol. The van der Waals surface area contributed by atoms with Crippen molar-refractivity contribution in [2.24, 2.45) is 0 Å². The Bertz CT molecular complexity index is 960. The largest absolute Gasteiger partial charge is 0.426 e. The molecule has 0 aliphatic carbocycles.